The van der Waals surface area contributed by atoms with Crippen LogP contribution < -0.4 is 15.4 Å². The van der Waals surface area contributed by atoms with Crippen LogP contribution in [0.3, 0.4) is 0 Å². The number of carbonyl (C=O) groups excluding carboxylic acids is 2. The molecule has 0 unspecified atom stereocenters. The Hall–Kier alpha value is -1.76. The number of rotatable bonds is 8. The number of nitrogens with one attached hydrogen (secondary N) is 2. The molecule has 6 nitrogen and oxygen atoms in total. The molecule has 33 heavy (non-hydrogen) atoms. The number of carbonyl (C=O) groups is 2. The third-order valence-corrected chi connectivity index (χ3v) is 8.16. The maximum atomic E-state index is 14.0. The van der Waals surface area contributed by atoms with Gasteiger partial charge in [0.2, 0.25) is 0 Å². The Labute approximate surface area is 198 Å². The zero-order chi connectivity index (χ0) is 23.3. The highest BCUT2D eigenvalue weighted by molar-refractivity contribution is 5.99. The summed E-state index contributed by atoms with van der Waals surface area (Å²) >= 11 is 0. The van der Waals surface area contributed by atoms with E-state index in [4.69, 9.17) is 4.74 Å². The number of nitrogens with zero attached hydrogens (tertiary/aromatic N) is 1. The topological polar surface area (TPSA) is 70.7 Å². The number of ether oxygens (including phenoxy) is 1. The first-order valence-electron chi connectivity index (χ1n) is 12.8. The first-order valence-corrected chi connectivity index (χ1v) is 12.8. The summed E-state index contributed by atoms with van der Waals surface area (Å²) < 4.78 is 5.27. The number of hydrogen-bond acceptors (Lipinski definition) is 6. The number of benzene rings is 1. The van der Waals surface area contributed by atoms with E-state index in [2.05, 4.69) is 22.5 Å². The van der Waals surface area contributed by atoms with Crippen molar-refractivity contribution in [3.8, 4) is 5.75 Å². The lowest BCUT2D eigenvalue weighted by Crippen LogP contribution is -2.64. The second kappa shape index (κ2) is 10.7. The lowest BCUT2D eigenvalue weighted by atomic mass is 9.64. The van der Waals surface area contributed by atoms with Crippen LogP contribution in [-0.4, -0.2) is 68.4 Å². The van der Waals surface area contributed by atoms with Crippen molar-refractivity contribution in [3.63, 3.8) is 0 Å². The fourth-order valence-corrected chi connectivity index (χ4v) is 6.21. The predicted octanol–water partition coefficient (Wildman–Crippen LogP) is 2.99. The van der Waals surface area contributed by atoms with Crippen molar-refractivity contribution < 1.29 is 14.3 Å². The normalized spacial score (nSPS) is 28.2. The van der Waals surface area contributed by atoms with Crippen molar-refractivity contribution in [1.82, 2.24) is 15.5 Å². The van der Waals surface area contributed by atoms with E-state index in [0.717, 1.165) is 82.7 Å². The highest BCUT2D eigenvalue weighted by Crippen LogP contribution is 2.41. The molecular weight excluding hydrogens is 414 g/mol. The van der Waals surface area contributed by atoms with Crippen molar-refractivity contribution in [2.75, 3.05) is 46.4 Å². The van der Waals surface area contributed by atoms with Crippen molar-refractivity contribution in [2.24, 2.45) is 11.3 Å². The molecule has 6 heteroatoms. The SMILES string of the molecule is CCCC[C@@]1(CN2CCC3(CC2)CNCCN3)CC(=O)C[C@H](Cc2ccc(OC)cc2)C1=O. The number of ketones is 2. The summed E-state index contributed by atoms with van der Waals surface area (Å²) in [6.07, 6.45) is 6.52. The molecule has 1 aliphatic carbocycles. The number of methoxy groups -OCH3 is 1. The van der Waals surface area contributed by atoms with Crippen LogP contribution in [0.25, 0.3) is 0 Å². The number of piperidine rings is 1. The van der Waals surface area contributed by atoms with E-state index in [1.807, 2.05) is 24.3 Å². The Kier molecular flexibility index (Phi) is 7.87. The molecule has 2 N–H and O–H groups in total. The molecule has 1 aromatic rings. The first kappa shape index (κ1) is 24.4. The average molecular weight is 456 g/mol. The summed E-state index contributed by atoms with van der Waals surface area (Å²) in [4.78, 5) is 29.4. The van der Waals surface area contributed by atoms with Crippen LogP contribution in [0.1, 0.15) is 57.4 Å². The van der Waals surface area contributed by atoms with Gasteiger partial charge in [-0.25, -0.2) is 0 Å². The Morgan fingerprint density at radius 1 is 1.12 bits per heavy atom. The van der Waals surface area contributed by atoms with Gasteiger partial charge in [-0.05, 0) is 56.5 Å². The maximum absolute atomic E-state index is 14.0. The van der Waals surface area contributed by atoms with Gasteiger partial charge >= 0.3 is 0 Å². The molecule has 2 atom stereocenters. The van der Waals surface area contributed by atoms with Crippen molar-refractivity contribution in [2.45, 2.75) is 63.8 Å². The third-order valence-electron chi connectivity index (χ3n) is 8.16. The summed E-state index contributed by atoms with van der Waals surface area (Å²) in [5, 5.41) is 7.28. The Morgan fingerprint density at radius 2 is 1.88 bits per heavy atom. The lowest BCUT2D eigenvalue weighted by molar-refractivity contribution is -0.146. The molecule has 2 heterocycles. The quantitative estimate of drug-likeness (QED) is 0.628. The molecule has 182 valence electrons. The number of hydrogen-bond donors (Lipinski definition) is 2. The van der Waals surface area contributed by atoms with Crippen LogP contribution in [0.2, 0.25) is 0 Å². The van der Waals surface area contributed by atoms with E-state index in [9.17, 15) is 9.59 Å². The standard InChI is InChI=1S/C27H41N3O3/c1-3-4-9-26(20-30-14-10-27(11-15-30)19-28-12-13-29-27)18-23(31)17-22(25(26)32)16-21-5-7-24(33-2)8-6-21/h5-8,22,28-29H,3-4,9-20H2,1-2H3/t22-,26-/m0/s1. The minimum Gasteiger partial charge on any atom is -0.497 e. The summed E-state index contributed by atoms with van der Waals surface area (Å²) in [7, 11) is 1.66. The molecule has 2 aliphatic heterocycles. The van der Waals surface area contributed by atoms with Gasteiger partial charge in [-0.1, -0.05) is 31.9 Å². The summed E-state index contributed by atoms with van der Waals surface area (Å²) in [6, 6.07) is 7.92. The maximum Gasteiger partial charge on any atom is 0.144 e. The van der Waals surface area contributed by atoms with E-state index in [-0.39, 0.29) is 17.2 Å². The third kappa shape index (κ3) is 5.67. The van der Waals surface area contributed by atoms with Gasteiger partial charge in [0.25, 0.3) is 0 Å². The van der Waals surface area contributed by atoms with Crippen LogP contribution in [0.5, 0.6) is 5.75 Å². The highest BCUT2D eigenvalue weighted by atomic mass is 16.5. The molecule has 0 radical (unpaired) electrons. The monoisotopic (exact) mass is 455 g/mol. The zero-order valence-corrected chi connectivity index (χ0v) is 20.5. The Morgan fingerprint density at radius 3 is 2.52 bits per heavy atom. The molecule has 1 spiro atoms. The van der Waals surface area contributed by atoms with Crippen LogP contribution in [0.4, 0.5) is 0 Å². The molecule has 0 aromatic heterocycles. The van der Waals surface area contributed by atoms with E-state index in [1.165, 1.54) is 0 Å². The van der Waals surface area contributed by atoms with Gasteiger partial charge in [-0.15, -0.1) is 0 Å². The molecule has 3 aliphatic rings. The van der Waals surface area contributed by atoms with Crippen LogP contribution in [0.15, 0.2) is 24.3 Å². The summed E-state index contributed by atoms with van der Waals surface area (Å²) in [5.74, 6) is 1.18. The number of piperazine rings is 1. The molecule has 0 amide bonds. The Bertz CT molecular complexity index is 808. The van der Waals surface area contributed by atoms with Gasteiger partial charge < -0.3 is 20.3 Å². The lowest BCUT2D eigenvalue weighted by Gasteiger charge is -2.48. The fraction of sp³-hybridized carbons (Fsp3) is 0.704. The molecule has 0 bridgehead atoms. The van der Waals surface area contributed by atoms with E-state index in [0.29, 0.717) is 25.0 Å². The second-order valence-electron chi connectivity index (χ2n) is 10.6. The van der Waals surface area contributed by atoms with Gasteiger partial charge in [0, 0.05) is 55.9 Å². The number of Topliss-reactive ketones (excluding diaryl/α,β-unsaturated/α-hetero) is 2. The largest absolute Gasteiger partial charge is 0.497 e. The molecule has 4 rings (SSSR count). The fourth-order valence-electron chi connectivity index (χ4n) is 6.21. The summed E-state index contributed by atoms with van der Waals surface area (Å²) in [6.45, 7) is 7.99. The highest BCUT2D eigenvalue weighted by Gasteiger charge is 2.49. The zero-order valence-electron chi connectivity index (χ0n) is 20.5. The first-order chi connectivity index (χ1) is 16.0. The molecule has 2 saturated heterocycles. The Balaban J connectivity index is 1.47. The van der Waals surface area contributed by atoms with Crippen molar-refractivity contribution in [1.29, 1.82) is 0 Å². The number of unbranched alkanes of at least 4 members (excludes halogenated alkanes) is 1. The predicted molar refractivity (Wildman–Crippen MR) is 131 cm³/mol. The average Bonchev–Trinajstić information content (AvgIpc) is 2.83. The van der Waals surface area contributed by atoms with Gasteiger partial charge in [0.05, 0.1) is 7.11 Å². The van der Waals surface area contributed by atoms with E-state index < -0.39 is 5.41 Å². The smallest absolute Gasteiger partial charge is 0.144 e. The van der Waals surface area contributed by atoms with E-state index >= 15 is 0 Å². The molecular formula is C27H41N3O3. The van der Waals surface area contributed by atoms with Crippen LogP contribution >= 0.6 is 0 Å². The number of likely N-dealkylation sites (tertiary alicyclic amines) is 1. The molecule has 1 saturated carbocycles. The van der Waals surface area contributed by atoms with Gasteiger partial charge in [-0.3, -0.25) is 9.59 Å². The van der Waals surface area contributed by atoms with Gasteiger partial charge in [0.1, 0.15) is 17.3 Å². The van der Waals surface area contributed by atoms with Gasteiger partial charge in [0.15, 0.2) is 0 Å². The minimum absolute atomic E-state index is 0.203. The molecule has 1 aromatic carbocycles. The van der Waals surface area contributed by atoms with E-state index in [1.54, 1.807) is 7.11 Å². The second-order valence-corrected chi connectivity index (χ2v) is 10.6. The van der Waals surface area contributed by atoms with Crippen LogP contribution in [0, 0.1) is 11.3 Å². The minimum atomic E-state index is -0.523. The van der Waals surface area contributed by atoms with Crippen LogP contribution in [-0.2, 0) is 16.0 Å². The van der Waals surface area contributed by atoms with Crippen molar-refractivity contribution >= 4 is 11.6 Å². The van der Waals surface area contributed by atoms with Crippen molar-refractivity contribution in [3.05, 3.63) is 29.8 Å². The molecule has 3 fully saturated rings. The summed E-state index contributed by atoms with van der Waals surface area (Å²) in [5.41, 5.74) is 0.781. The van der Waals surface area contributed by atoms with Gasteiger partial charge in [-0.2, -0.15) is 0 Å².